The Morgan fingerprint density at radius 2 is 1.41 bits per heavy atom. The van der Waals surface area contributed by atoms with Crippen molar-refractivity contribution < 1.29 is 9.59 Å². The summed E-state index contributed by atoms with van der Waals surface area (Å²) >= 11 is 0. The number of rotatable bonds is 10. The lowest BCUT2D eigenvalue weighted by Gasteiger charge is -2.18. The molecule has 0 atom stereocenters. The van der Waals surface area contributed by atoms with E-state index in [9.17, 15) is 9.59 Å². The second-order valence-electron chi connectivity index (χ2n) is 9.11. The van der Waals surface area contributed by atoms with Crippen molar-refractivity contribution in [1.82, 2.24) is 15.1 Å². The van der Waals surface area contributed by atoms with Crippen LogP contribution in [0.2, 0.25) is 0 Å². The fraction of sp³-hybridized carbons (Fsp3) is 0.310. The molecule has 0 saturated heterocycles. The Balaban J connectivity index is 1.48. The summed E-state index contributed by atoms with van der Waals surface area (Å²) in [5, 5.41) is 2.99. The molecule has 0 aliphatic rings. The molecular formula is C29H35N3O2. The van der Waals surface area contributed by atoms with Gasteiger partial charge in [-0.1, -0.05) is 60.7 Å². The number of nitrogens with zero attached hydrogens (tertiary/aromatic N) is 2. The zero-order valence-electron chi connectivity index (χ0n) is 20.7. The Bertz CT molecular complexity index is 1090. The minimum Gasteiger partial charge on any atom is -0.352 e. The molecule has 0 spiro atoms. The first-order valence-corrected chi connectivity index (χ1v) is 11.7. The maximum Gasteiger partial charge on any atom is 0.253 e. The molecule has 0 fully saturated rings. The topological polar surface area (TPSA) is 52.7 Å². The van der Waals surface area contributed by atoms with Gasteiger partial charge in [-0.05, 0) is 67.4 Å². The quantitative estimate of drug-likeness (QED) is 0.496. The van der Waals surface area contributed by atoms with E-state index >= 15 is 0 Å². The van der Waals surface area contributed by atoms with Crippen LogP contribution in [0, 0.1) is 6.92 Å². The second-order valence-corrected chi connectivity index (χ2v) is 9.11. The van der Waals surface area contributed by atoms with Crippen molar-refractivity contribution >= 4 is 11.8 Å². The molecule has 5 heteroatoms. The fourth-order valence-corrected chi connectivity index (χ4v) is 3.74. The number of hydrogen-bond acceptors (Lipinski definition) is 3. The third kappa shape index (κ3) is 7.56. The number of nitrogens with one attached hydrogen (secondary N) is 1. The molecule has 2 amide bonds. The molecular weight excluding hydrogens is 422 g/mol. The van der Waals surface area contributed by atoms with Gasteiger partial charge in [-0.2, -0.15) is 0 Å². The SMILES string of the molecule is Cc1ccccc1CC(=O)NCc1ccc(CN(C)C(=O)c2ccc(CCN(C)C)cc2)cc1. The average Bonchev–Trinajstić information content (AvgIpc) is 2.83. The van der Waals surface area contributed by atoms with E-state index in [0.29, 0.717) is 25.1 Å². The third-order valence-electron chi connectivity index (χ3n) is 5.94. The zero-order chi connectivity index (χ0) is 24.5. The minimum atomic E-state index is 0.00621. The van der Waals surface area contributed by atoms with Gasteiger partial charge in [0.2, 0.25) is 5.91 Å². The molecule has 1 N–H and O–H groups in total. The molecule has 0 aromatic heterocycles. The molecule has 0 bridgehead atoms. The van der Waals surface area contributed by atoms with Crippen LogP contribution in [-0.2, 0) is 30.7 Å². The molecule has 0 aliphatic carbocycles. The third-order valence-corrected chi connectivity index (χ3v) is 5.94. The Morgan fingerprint density at radius 3 is 2.06 bits per heavy atom. The summed E-state index contributed by atoms with van der Waals surface area (Å²) in [4.78, 5) is 29.0. The lowest BCUT2D eigenvalue weighted by molar-refractivity contribution is -0.120. The van der Waals surface area contributed by atoms with E-state index < -0.39 is 0 Å². The summed E-state index contributed by atoms with van der Waals surface area (Å²) in [6, 6.07) is 23.9. The number of aryl methyl sites for hydroxylation is 1. The summed E-state index contributed by atoms with van der Waals surface area (Å²) < 4.78 is 0. The highest BCUT2D eigenvalue weighted by molar-refractivity contribution is 5.94. The normalized spacial score (nSPS) is 10.9. The summed E-state index contributed by atoms with van der Waals surface area (Å²) in [7, 11) is 5.94. The van der Waals surface area contributed by atoms with Crippen LogP contribution in [0.1, 0.15) is 38.2 Å². The molecule has 0 saturated carbocycles. The molecule has 0 unspecified atom stereocenters. The number of carbonyl (C=O) groups excluding carboxylic acids is 2. The van der Waals surface area contributed by atoms with Crippen LogP contribution in [0.3, 0.4) is 0 Å². The smallest absolute Gasteiger partial charge is 0.253 e. The van der Waals surface area contributed by atoms with E-state index in [1.807, 2.05) is 86.8 Å². The number of amides is 2. The molecule has 3 aromatic carbocycles. The highest BCUT2D eigenvalue weighted by Gasteiger charge is 2.12. The van der Waals surface area contributed by atoms with Gasteiger partial charge in [0, 0.05) is 32.2 Å². The van der Waals surface area contributed by atoms with Gasteiger partial charge in [0.05, 0.1) is 6.42 Å². The molecule has 0 aliphatic heterocycles. The predicted molar refractivity (Wildman–Crippen MR) is 138 cm³/mol. The van der Waals surface area contributed by atoms with Gasteiger partial charge in [-0.15, -0.1) is 0 Å². The maximum absolute atomic E-state index is 12.8. The lowest BCUT2D eigenvalue weighted by Crippen LogP contribution is -2.26. The van der Waals surface area contributed by atoms with E-state index in [0.717, 1.165) is 35.2 Å². The second kappa shape index (κ2) is 12.1. The maximum atomic E-state index is 12.8. The van der Waals surface area contributed by atoms with E-state index in [-0.39, 0.29) is 11.8 Å². The first kappa shape index (κ1) is 25.2. The first-order chi connectivity index (χ1) is 16.3. The van der Waals surface area contributed by atoms with Gasteiger partial charge in [-0.25, -0.2) is 0 Å². The summed E-state index contributed by atoms with van der Waals surface area (Å²) in [6.45, 7) is 4.02. The summed E-state index contributed by atoms with van der Waals surface area (Å²) in [5.74, 6) is 0.0168. The molecule has 34 heavy (non-hydrogen) atoms. The molecule has 0 heterocycles. The van der Waals surface area contributed by atoms with Crippen molar-refractivity contribution in [2.24, 2.45) is 0 Å². The van der Waals surface area contributed by atoms with Crippen molar-refractivity contribution in [1.29, 1.82) is 0 Å². The number of benzene rings is 3. The van der Waals surface area contributed by atoms with E-state index in [1.54, 1.807) is 4.90 Å². The van der Waals surface area contributed by atoms with Gasteiger partial charge in [0.1, 0.15) is 0 Å². The van der Waals surface area contributed by atoms with E-state index in [1.165, 1.54) is 5.56 Å². The van der Waals surface area contributed by atoms with E-state index in [4.69, 9.17) is 0 Å². The summed E-state index contributed by atoms with van der Waals surface area (Å²) in [6.07, 6.45) is 1.35. The van der Waals surface area contributed by atoms with Crippen LogP contribution in [0.15, 0.2) is 72.8 Å². The zero-order valence-corrected chi connectivity index (χ0v) is 20.7. The largest absolute Gasteiger partial charge is 0.352 e. The molecule has 0 radical (unpaired) electrons. The van der Waals surface area contributed by atoms with Crippen molar-refractivity contribution in [3.8, 4) is 0 Å². The van der Waals surface area contributed by atoms with Crippen LogP contribution in [0.5, 0.6) is 0 Å². The van der Waals surface area contributed by atoms with Gasteiger partial charge < -0.3 is 15.1 Å². The Morgan fingerprint density at radius 1 is 0.794 bits per heavy atom. The van der Waals surface area contributed by atoms with Crippen molar-refractivity contribution in [2.45, 2.75) is 32.9 Å². The Kier molecular flexibility index (Phi) is 9.00. The molecule has 178 valence electrons. The van der Waals surface area contributed by atoms with Gasteiger partial charge in [0.25, 0.3) is 5.91 Å². The van der Waals surface area contributed by atoms with Crippen LogP contribution in [-0.4, -0.2) is 49.3 Å². The highest BCUT2D eigenvalue weighted by atomic mass is 16.2. The fourth-order valence-electron chi connectivity index (χ4n) is 3.74. The summed E-state index contributed by atoms with van der Waals surface area (Å²) in [5.41, 5.74) is 6.18. The number of carbonyl (C=O) groups is 2. The predicted octanol–water partition coefficient (Wildman–Crippen LogP) is 4.23. The van der Waals surface area contributed by atoms with E-state index in [2.05, 4.69) is 24.3 Å². The average molecular weight is 458 g/mol. The molecule has 5 nitrogen and oxygen atoms in total. The number of likely N-dealkylation sites (N-methyl/N-ethyl adjacent to an activating group) is 1. The Labute approximate surface area is 203 Å². The van der Waals surface area contributed by atoms with Crippen molar-refractivity contribution in [2.75, 3.05) is 27.7 Å². The lowest BCUT2D eigenvalue weighted by atomic mass is 10.1. The first-order valence-electron chi connectivity index (χ1n) is 11.7. The van der Waals surface area contributed by atoms with Crippen LogP contribution in [0.4, 0.5) is 0 Å². The van der Waals surface area contributed by atoms with Crippen LogP contribution < -0.4 is 5.32 Å². The van der Waals surface area contributed by atoms with Gasteiger partial charge >= 0.3 is 0 Å². The Hall–Kier alpha value is -3.44. The van der Waals surface area contributed by atoms with Crippen LogP contribution in [0.25, 0.3) is 0 Å². The van der Waals surface area contributed by atoms with Gasteiger partial charge in [-0.3, -0.25) is 9.59 Å². The number of hydrogen-bond donors (Lipinski definition) is 1. The van der Waals surface area contributed by atoms with Crippen molar-refractivity contribution in [3.63, 3.8) is 0 Å². The molecule has 3 rings (SSSR count). The standard InChI is InChI=1S/C29H35N3O2/c1-22-7-5-6-8-27(22)19-28(33)30-20-24-9-11-25(12-10-24)21-32(4)29(34)26-15-13-23(14-16-26)17-18-31(2)3/h5-16H,17-21H2,1-4H3,(H,30,33). The van der Waals surface area contributed by atoms with Crippen LogP contribution >= 0.6 is 0 Å². The van der Waals surface area contributed by atoms with Crippen molar-refractivity contribution in [3.05, 3.63) is 106 Å². The minimum absolute atomic E-state index is 0.00621. The monoisotopic (exact) mass is 457 g/mol. The highest BCUT2D eigenvalue weighted by Crippen LogP contribution is 2.12. The molecule has 3 aromatic rings. The van der Waals surface area contributed by atoms with Gasteiger partial charge in [0.15, 0.2) is 0 Å².